The number of primary amides is 1. The lowest BCUT2D eigenvalue weighted by atomic mass is 9.75. The Morgan fingerprint density at radius 1 is 1.26 bits per heavy atom. The summed E-state index contributed by atoms with van der Waals surface area (Å²) >= 11 is 0. The molecule has 1 aliphatic heterocycles. The Morgan fingerprint density at radius 3 is 2.35 bits per heavy atom. The average Bonchev–Trinajstić information content (AvgIpc) is 3.45. The monoisotopic (exact) mass is 442 g/mol. The van der Waals surface area contributed by atoms with Gasteiger partial charge >= 0.3 is 6.18 Å². The summed E-state index contributed by atoms with van der Waals surface area (Å²) in [5.74, 6) is -1.98. The molecule has 3 fully saturated rings. The van der Waals surface area contributed by atoms with Crippen molar-refractivity contribution in [2.24, 2.45) is 22.7 Å². The number of amidine groups is 1. The minimum Gasteiger partial charge on any atom is -0.369 e. The van der Waals surface area contributed by atoms with Gasteiger partial charge < -0.3 is 11.1 Å². The Balaban J connectivity index is 1.64. The zero-order valence-electron chi connectivity index (χ0n) is 17.6. The summed E-state index contributed by atoms with van der Waals surface area (Å²) < 4.78 is 38.3. The minimum atomic E-state index is -4.15. The summed E-state index contributed by atoms with van der Waals surface area (Å²) in [6.45, 7) is 0.0622. The molecule has 3 rings (SSSR count). The van der Waals surface area contributed by atoms with Crippen molar-refractivity contribution >= 4 is 17.6 Å². The van der Waals surface area contributed by atoms with E-state index in [0.29, 0.717) is 25.7 Å². The van der Waals surface area contributed by atoms with Crippen molar-refractivity contribution in [3.05, 3.63) is 0 Å². The summed E-state index contributed by atoms with van der Waals surface area (Å²) in [5, 5.41) is 18.1. The highest BCUT2D eigenvalue weighted by Gasteiger charge is 2.50. The predicted octanol–water partition coefficient (Wildman–Crippen LogP) is 1.72. The zero-order valence-corrected chi connectivity index (χ0v) is 17.6. The highest BCUT2D eigenvalue weighted by molar-refractivity contribution is 6.07. The number of amides is 2. The van der Waals surface area contributed by atoms with Gasteiger partial charge in [0.1, 0.15) is 5.84 Å². The van der Waals surface area contributed by atoms with E-state index >= 15 is 0 Å². The second-order valence-electron chi connectivity index (χ2n) is 8.96. The number of nitrogens with one attached hydrogen (secondary N) is 1. The number of hydrogen-bond donors (Lipinski definition) is 2. The zero-order chi connectivity index (χ0) is 22.8. The maximum atomic E-state index is 12.8. The summed E-state index contributed by atoms with van der Waals surface area (Å²) in [6, 6.07) is 2.25. The van der Waals surface area contributed by atoms with Crippen LogP contribution in [0.1, 0.15) is 51.4 Å². The van der Waals surface area contributed by atoms with Crippen molar-refractivity contribution < 1.29 is 22.8 Å². The summed E-state index contributed by atoms with van der Waals surface area (Å²) in [7, 11) is 1.70. The molecule has 31 heavy (non-hydrogen) atoms. The van der Waals surface area contributed by atoms with Gasteiger partial charge in [0.05, 0.1) is 30.4 Å². The molecule has 172 valence electrons. The van der Waals surface area contributed by atoms with Crippen molar-refractivity contribution in [1.82, 2.24) is 15.2 Å². The summed E-state index contributed by atoms with van der Waals surface area (Å²) in [6.07, 6.45) is -0.0958. The Morgan fingerprint density at radius 2 is 1.87 bits per heavy atom. The Kier molecular flexibility index (Phi) is 6.79. The number of alkyl halides is 3. The number of hydrogen-bond acceptors (Lipinski definition) is 6. The number of hydrazone groups is 1. The molecule has 0 unspecified atom stereocenters. The maximum Gasteiger partial charge on any atom is 0.394 e. The first-order chi connectivity index (χ1) is 14.5. The first kappa shape index (κ1) is 23.3. The topological polar surface area (TPSA) is 115 Å². The van der Waals surface area contributed by atoms with Crippen LogP contribution >= 0.6 is 0 Å². The Bertz CT molecular complexity index is 760. The maximum absolute atomic E-state index is 12.8. The number of halogens is 3. The van der Waals surface area contributed by atoms with Gasteiger partial charge in [-0.2, -0.15) is 23.5 Å². The second kappa shape index (κ2) is 9.02. The van der Waals surface area contributed by atoms with Crippen LogP contribution in [0.25, 0.3) is 0 Å². The molecular weight excluding hydrogens is 413 g/mol. The lowest BCUT2D eigenvalue weighted by Crippen LogP contribution is -2.59. The molecule has 1 saturated heterocycles. The van der Waals surface area contributed by atoms with Gasteiger partial charge in [0.15, 0.2) is 0 Å². The van der Waals surface area contributed by atoms with E-state index in [1.54, 1.807) is 12.1 Å². The molecule has 0 radical (unpaired) electrons. The van der Waals surface area contributed by atoms with Crippen molar-refractivity contribution in [2.45, 2.75) is 69.1 Å². The van der Waals surface area contributed by atoms with Crippen LogP contribution in [0.2, 0.25) is 0 Å². The minimum absolute atomic E-state index is 0.0311. The normalized spacial score (nSPS) is 27.8. The van der Waals surface area contributed by atoms with E-state index in [0.717, 1.165) is 12.8 Å². The molecule has 0 aromatic heterocycles. The lowest BCUT2D eigenvalue weighted by molar-refractivity contribution is -0.215. The van der Waals surface area contributed by atoms with E-state index in [1.807, 2.05) is 4.90 Å². The molecule has 8 nitrogen and oxygen atoms in total. The first-order valence-electron chi connectivity index (χ1n) is 10.6. The third kappa shape index (κ3) is 5.67. The number of rotatable bonds is 7. The van der Waals surface area contributed by atoms with Gasteiger partial charge in [-0.1, -0.05) is 0 Å². The fourth-order valence-electron chi connectivity index (χ4n) is 4.43. The van der Waals surface area contributed by atoms with Gasteiger partial charge in [0, 0.05) is 32.1 Å². The van der Waals surface area contributed by atoms with Gasteiger partial charge in [-0.3, -0.25) is 19.5 Å². The molecule has 0 atom stereocenters. The molecule has 1 heterocycles. The third-order valence-electron chi connectivity index (χ3n) is 6.70. The van der Waals surface area contributed by atoms with Crippen LogP contribution in [-0.4, -0.2) is 65.5 Å². The average molecular weight is 442 g/mol. The van der Waals surface area contributed by atoms with Crippen molar-refractivity contribution in [2.75, 3.05) is 20.1 Å². The predicted molar refractivity (Wildman–Crippen MR) is 106 cm³/mol. The van der Waals surface area contributed by atoms with Gasteiger partial charge in [-0.05, 0) is 38.5 Å². The standard InChI is InChI=1S/C20H29F3N6O2/c1-28(27-17(10-16(25)30)26-18(31)13-2-3-13)19(8-9-24)6-4-15(5-7-19)29-11-14(12-29)20(21,22)23/h13-15H,2-8,10-12H2,1H3,(H2,25,30)(H,26,27,31)/t15-,19-. The van der Waals surface area contributed by atoms with E-state index in [4.69, 9.17) is 5.73 Å². The van der Waals surface area contributed by atoms with Gasteiger partial charge in [0.25, 0.3) is 0 Å². The number of nitrogens with two attached hydrogens (primary N) is 1. The van der Waals surface area contributed by atoms with E-state index in [9.17, 15) is 28.0 Å². The van der Waals surface area contributed by atoms with Crippen LogP contribution in [0.15, 0.2) is 5.10 Å². The molecular formula is C20H29F3N6O2. The molecule has 0 aromatic rings. The molecule has 11 heteroatoms. The molecule has 2 saturated carbocycles. The van der Waals surface area contributed by atoms with Crippen LogP contribution in [0.5, 0.6) is 0 Å². The fourth-order valence-corrected chi connectivity index (χ4v) is 4.43. The van der Waals surface area contributed by atoms with Gasteiger partial charge in [0.2, 0.25) is 11.8 Å². The first-order valence-corrected chi connectivity index (χ1v) is 10.6. The molecule has 0 spiro atoms. The highest BCUT2D eigenvalue weighted by Crippen LogP contribution is 2.41. The van der Waals surface area contributed by atoms with Crippen molar-refractivity contribution in [3.8, 4) is 6.07 Å². The Hall–Kier alpha value is -2.35. The molecule has 0 bridgehead atoms. The molecule has 2 aliphatic carbocycles. The number of nitrogens with zero attached hydrogens (tertiary/aromatic N) is 4. The lowest BCUT2D eigenvalue weighted by Gasteiger charge is -2.50. The molecule has 2 amide bonds. The largest absolute Gasteiger partial charge is 0.394 e. The molecule has 3 aliphatic rings. The highest BCUT2D eigenvalue weighted by atomic mass is 19.4. The van der Waals surface area contributed by atoms with E-state index in [-0.39, 0.29) is 49.6 Å². The van der Waals surface area contributed by atoms with Crippen LogP contribution in [0, 0.1) is 23.2 Å². The second-order valence-corrected chi connectivity index (χ2v) is 8.96. The summed E-state index contributed by atoms with van der Waals surface area (Å²) in [5.41, 5.74) is 4.69. The van der Waals surface area contributed by atoms with E-state index in [2.05, 4.69) is 16.5 Å². The van der Waals surface area contributed by atoms with E-state index in [1.165, 1.54) is 0 Å². The van der Waals surface area contributed by atoms with Crippen LogP contribution in [0.3, 0.4) is 0 Å². The molecule has 0 aromatic carbocycles. The van der Waals surface area contributed by atoms with E-state index < -0.39 is 23.5 Å². The molecule has 3 N–H and O–H groups in total. The van der Waals surface area contributed by atoms with Crippen LogP contribution in [-0.2, 0) is 9.59 Å². The smallest absolute Gasteiger partial charge is 0.369 e. The number of nitriles is 1. The van der Waals surface area contributed by atoms with Crippen LogP contribution < -0.4 is 11.1 Å². The van der Waals surface area contributed by atoms with Gasteiger partial charge in [-0.25, -0.2) is 0 Å². The Labute approximate surface area is 179 Å². The van der Waals surface area contributed by atoms with Crippen LogP contribution in [0.4, 0.5) is 13.2 Å². The summed E-state index contributed by atoms with van der Waals surface area (Å²) in [4.78, 5) is 25.4. The van der Waals surface area contributed by atoms with Crippen molar-refractivity contribution in [3.63, 3.8) is 0 Å². The number of carbonyl (C=O) groups is 2. The van der Waals surface area contributed by atoms with Gasteiger partial charge in [-0.15, -0.1) is 0 Å². The van der Waals surface area contributed by atoms with Crippen molar-refractivity contribution in [1.29, 1.82) is 5.26 Å². The fraction of sp³-hybridized carbons (Fsp3) is 0.800. The quantitative estimate of drug-likeness (QED) is 0.354. The third-order valence-corrected chi connectivity index (χ3v) is 6.70. The number of carbonyl (C=O) groups excluding carboxylic acids is 2. The SMILES string of the molecule is CN(/N=C(\CC(N)=O)NC(=O)C1CC1)[C@]1(CC#N)CC[C@@H](N2CC(C(F)(F)F)C2)CC1. The number of likely N-dealkylation sites (tertiary alicyclic amines) is 1.